The van der Waals surface area contributed by atoms with Gasteiger partial charge in [-0.1, -0.05) is 38.0 Å². The summed E-state index contributed by atoms with van der Waals surface area (Å²) in [6.45, 7) is 5.77. The van der Waals surface area contributed by atoms with Gasteiger partial charge >= 0.3 is 0 Å². The molecule has 0 aliphatic rings. The monoisotopic (exact) mass is 329 g/mol. The van der Waals surface area contributed by atoms with E-state index in [1.54, 1.807) is 13.2 Å². The molecular formula is C20H27NO3. The molecule has 1 aromatic carbocycles. The Balaban J connectivity index is 2.24. The fraction of sp³-hybridized carbons (Fsp3) is 0.450. The van der Waals surface area contributed by atoms with E-state index in [4.69, 9.17) is 15.9 Å². The van der Waals surface area contributed by atoms with Crippen LogP contribution in [0.5, 0.6) is 5.75 Å². The molecule has 4 heteroatoms. The Bertz CT molecular complexity index is 557. The topological polar surface area (TPSA) is 47.6 Å². The van der Waals surface area contributed by atoms with Crippen molar-refractivity contribution in [3.05, 3.63) is 42.0 Å². The fourth-order valence-electron chi connectivity index (χ4n) is 2.33. The molecule has 1 N–H and O–H groups in total. The second kappa shape index (κ2) is 11.3. The predicted molar refractivity (Wildman–Crippen MR) is 96.6 cm³/mol. The van der Waals surface area contributed by atoms with Crippen LogP contribution in [0.25, 0.3) is 0 Å². The number of carbonyl (C=O) groups is 1. The minimum atomic E-state index is -0.150. The van der Waals surface area contributed by atoms with Crippen LogP contribution in [-0.4, -0.2) is 26.2 Å². The van der Waals surface area contributed by atoms with Gasteiger partial charge in [-0.15, -0.1) is 6.42 Å². The van der Waals surface area contributed by atoms with Gasteiger partial charge in [0.2, 0.25) is 5.91 Å². The van der Waals surface area contributed by atoms with E-state index >= 15 is 0 Å². The lowest BCUT2D eigenvalue weighted by molar-refractivity contribution is -0.116. The zero-order valence-corrected chi connectivity index (χ0v) is 14.7. The van der Waals surface area contributed by atoms with Crippen molar-refractivity contribution < 1.29 is 14.3 Å². The summed E-state index contributed by atoms with van der Waals surface area (Å²) < 4.78 is 10.9. The Hall–Kier alpha value is -2.25. The van der Waals surface area contributed by atoms with Crippen molar-refractivity contribution in [3.8, 4) is 18.1 Å². The Morgan fingerprint density at radius 2 is 2.04 bits per heavy atom. The van der Waals surface area contributed by atoms with Gasteiger partial charge in [0.05, 0.1) is 20.3 Å². The maximum Gasteiger partial charge on any atom is 0.244 e. The average molecular weight is 329 g/mol. The van der Waals surface area contributed by atoms with Gasteiger partial charge in [-0.05, 0) is 42.0 Å². The number of terminal acetylenes is 1. The molecule has 0 aliphatic carbocycles. The highest BCUT2D eigenvalue weighted by Gasteiger charge is 2.07. The third-order valence-corrected chi connectivity index (χ3v) is 3.55. The molecule has 0 saturated heterocycles. The van der Waals surface area contributed by atoms with Crippen molar-refractivity contribution in [2.24, 2.45) is 11.8 Å². The highest BCUT2D eigenvalue weighted by molar-refractivity contribution is 5.87. The van der Waals surface area contributed by atoms with Crippen LogP contribution in [0.15, 0.2) is 36.4 Å². The molecule has 1 aromatic rings. The van der Waals surface area contributed by atoms with E-state index in [0.29, 0.717) is 25.0 Å². The molecule has 1 rings (SSSR count). The summed E-state index contributed by atoms with van der Waals surface area (Å²) in [4.78, 5) is 11.4. The van der Waals surface area contributed by atoms with Gasteiger partial charge in [0, 0.05) is 6.61 Å². The summed E-state index contributed by atoms with van der Waals surface area (Å²) in [5, 5.41) is 2.61. The molecule has 0 spiro atoms. The molecule has 4 nitrogen and oxygen atoms in total. The van der Waals surface area contributed by atoms with Crippen molar-refractivity contribution in [2.45, 2.75) is 26.9 Å². The number of amides is 1. The maximum atomic E-state index is 11.4. The summed E-state index contributed by atoms with van der Waals surface area (Å²) in [6.07, 6.45) is 9.51. The van der Waals surface area contributed by atoms with Crippen LogP contribution in [0.2, 0.25) is 0 Å². The van der Waals surface area contributed by atoms with E-state index in [-0.39, 0.29) is 12.5 Å². The zero-order chi connectivity index (χ0) is 17.8. The molecule has 0 bridgehead atoms. The standard InChI is InChI=1S/C20H27NO3/c1-5-12-21-20(22)11-6-16(2)13-17(3)14-24-15-18-7-9-19(23-4)10-8-18/h1,6-11,16-17H,12-15H2,2-4H3,(H,21,22)/b11-6+/t16-,17-/m1/s1. The van der Waals surface area contributed by atoms with E-state index < -0.39 is 0 Å². The SMILES string of the molecule is C#CCNC(=O)/C=C/[C@@H](C)C[C@@H](C)COCc1ccc(OC)cc1. The molecule has 0 fully saturated rings. The summed E-state index contributed by atoms with van der Waals surface area (Å²) in [5.41, 5.74) is 1.13. The summed E-state index contributed by atoms with van der Waals surface area (Å²) >= 11 is 0. The second-order valence-corrected chi connectivity index (χ2v) is 5.96. The Kier molecular flexibility index (Phi) is 9.33. The first-order valence-electron chi connectivity index (χ1n) is 8.15. The highest BCUT2D eigenvalue weighted by atomic mass is 16.5. The van der Waals surface area contributed by atoms with Crippen molar-refractivity contribution in [1.29, 1.82) is 0 Å². The van der Waals surface area contributed by atoms with Crippen molar-refractivity contribution in [1.82, 2.24) is 5.32 Å². The Labute approximate surface area is 145 Å². The zero-order valence-electron chi connectivity index (χ0n) is 14.7. The van der Waals surface area contributed by atoms with Crippen molar-refractivity contribution in [3.63, 3.8) is 0 Å². The molecule has 0 saturated carbocycles. The molecule has 0 heterocycles. The number of nitrogens with one attached hydrogen (secondary N) is 1. The Morgan fingerprint density at radius 1 is 1.33 bits per heavy atom. The number of benzene rings is 1. The normalized spacial score (nSPS) is 13.2. The van der Waals surface area contributed by atoms with Gasteiger partial charge in [-0.3, -0.25) is 4.79 Å². The van der Waals surface area contributed by atoms with Crippen LogP contribution in [0.1, 0.15) is 25.8 Å². The van der Waals surface area contributed by atoms with Crippen LogP contribution in [0.4, 0.5) is 0 Å². The molecule has 1 amide bonds. The minimum Gasteiger partial charge on any atom is -0.497 e. The minimum absolute atomic E-state index is 0.150. The van der Waals surface area contributed by atoms with Gasteiger partial charge in [-0.2, -0.15) is 0 Å². The third kappa shape index (κ3) is 8.40. The fourth-order valence-corrected chi connectivity index (χ4v) is 2.33. The number of methoxy groups -OCH3 is 1. The number of hydrogen-bond acceptors (Lipinski definition) is 3. The number of hydrogen-bond donors (Lipinski definition) is 1. The van der Waals surface area contributed by atoms with Crippen LogP contribution >= 0.6 is 0 Å². The van der Waals surface area contributed by atoms with Gasteiger partial charge in [0.15, 0.2) is 0 Å². The van der Waals surface area contributed by atoms with E-state index in [1.165, 1.54) is 0 Å². The second-order valence-electron chi connectivity index (χ2n) is 5.96. The van der Waals surface area contributed by atoms with Crippen molar-refractivity contribution in [2.75, 3.05) is 20.3 Å². The molecule has 0 aliphatic heterocycles. The molecule has 0 unspecified atom stereocenters. The first kappa shape index (κ1) is 19.8. The van der Waals surface area contributed by atoms with Crippen molar-refractivity contribution >= 4 is 5.91 Å². The lowest BCUT2D eigenvalue weighted by Gasteiger charge is -2.15. The van der Waals surface area contributed by atoms with Gasteiger partial charge < -0.3 is 14.8 Å². The number of ether oxygens (including phenoxy) is 2. The molecule has 24 heavy (non-hydrogen) atoms. The van der Waals surface area contributed by atoms with Crippen LogP contribution in [-0.2, 0) is 16.1 Å². The molecule has 2 atom stereocenters. The summed E-state index contributed by atoms with van der Waals surface area (Å²) in [7, 11) is 1.65. The smallest absolute Gasteiger partial charge is 0.244 e. The van der Waals surface area contributed by atoms with Crippen LogP contribution < -0.4 is 10.1 Å². The molecular weight excluding hydrogens is 302 g/mol. The quantitative estimate of drug-likeness (QED) is 0.530. The van der Waals surface area contributed by atoms with E-state index in [1.807, 2.05) is 30.3 Å². The van der Waals surface area contributed by atoms with E-state index in [2.05, 4.69) is 25.1 Å². The largest absolute Gasteiger partial charge is 0.497 e. The Morgan fingerprint density at radius 3 is 2.67 bits per heavy atom. The lowest BCUT2D eigenvalue weighted by atomic mass is 9.97. The summed E-state index contributed by atoms with van der Waals surface area (Å²) in [5.74, 6) is 3.79. The first-order chi connectivity index (χ1) is 11.5. The lowest BCUT2D eigenvalue weighted by Crippen LogP contribution is -2.21. The third-order valence-electron chi connectivity index (χ3n) is 3.55. The van der Waals surface area contributed by atoms with Gasteiger partial charge in [0.25, 0.3) is 0 Å². The van der Waals surface area contributed by atoms with E-state index in [9.17, 15) is 4.79 Å². The highest BCUT2D eigenvalue weighted by Crippen LogP contribution is 2.15. The van der Waals surface area contributed by atoms with Crippen LogP contribution in [0.3, 0.4) is 0 Å². The van der Waals surface area contributed by atoms with Gasteiger partial charge in [0.1, 0.15) is 5.75 Å². The van der Waals surface area contributed by atoms with E-state index in [0.717, 1.165) is 17.7 Å². The van der Waals surface area contributed by atoms with Gasteiger partial charge in [-0.25, -0.2) is 0 Å². The molecule has 130 valence electrons. The maximum absolute atomic E-state index is 11.4. The molecule has 0 aromatic heterocycles. The summed E-state index contributed by atoms with van der Waals surface area (Å²) in [6, 6.07) is 7.87. The first-order valence-corrected chi connectivity index (χ1v) is 8.15. The number of carbonyl (C=O) groups excluding carboxylic acids is 1. The predicted octanol–water partition coefficient (Wildman–Crippen LogP) is 3.18. The molecule has 0 radical (unpaired) electrons. The number of allylic oxidation sites excluding steroid dienone is 1. The average Bonchev–Trinajstić information content (AvgIpc) is 2.58. The van der Waals surface area contributed by atoms with Crippen LogP contribution in [0, 0.1) is 24.2 Å². The number of rotatable bonds is 10.